The number of ether oxygens (including phenoxy) is 3. The highest BCUT2D eigenvalue weighted by Gasteiger charge is 2.58. The monoisotopic (exact) mass is 458 g/mol. The van der Waals surface area contributed by atoms with Crippen LogP contribution in [0.3, 0.4) is 0 Å². The van der Waals surface area contributed by atoms with E-state index in [0.717, 1.165) is 37.9 Å². The molecule has 3 aliphatic rings. The van der Waals surface area contributed by atoms with Gasteiger partial charge >= 0.3 is 5.97 Å². The lowest BCUT2D eigenvalue weighted by Gasteiger charge is -2.27. The second-order valence-corrected chi connectivity index (χ2v) is 9.34. The van der Waals surface area contributed by atoms with Gasteiger partial charge in [-0.2, -0.15) is 0 Å². The molecule has 0 radical (unpaired) electrons. The van der Waals surface area contributed by atoms with Crippen LogP contribution < -0.4 is 11.1 Å². The Morgan fingerprint density at radius 2 is 2.10 bits per heavy atom. The van der Waals surface area contributed by atoms with Crippen LogP contribution in [0.4, 0.5) is 11.5 Å². The molecule has 11 heteroatoms. The summed E-state index contributed by atoms with van der Waals surface area (Å²) in [4.78, 5) is 19.8. The van der Waals surface area contributed by atoms with Crippen LogP contribution in [0, 0.1) is 0 Å². The van der Waals surface area contributed by atoms with E-state index in [0.29, 0.717) is 17.4 Å². The number of nitrogens with zero attached hydrogens (tertiary/aromatic N) is 2. The Bertz CT molecular complexity index is 794. The highest BCUT2D eigenvalue weighted by molar-refractivity contribution is 7.99. The van der Waals surface area contributed by atoms with Crippen molar-refractivity contribution in [1.29, 1.82) is 0 Å². The number of halogens is 1. The van der Waals surface area contributed by atoms with E-state index < -0.39 is 17.9 Å². The third kappa shape index (κ3) is 4.47. The first kappa shape index (κ1) is 21.9. The third-order valence-electron chi connectivity index (χ3n) is 5.70. The number of hydrogen-bond acceptors (Lipinski definition) is 9. The van der Waals surface area contributed by atoms with Crippen LogP contribution in [0.5, 0.6) is 0 Å². The Labute approximate surface area is 184 Å². The van der Waals surface area contributed by atoms with Gasteiger partial charge in [0.05, 0.1) is 12.1 Å². The van der Waals surface area contributed by atoms with Crippen molar-refractivity contribution in [1.82, 2.24) is 9.97 Å². The number of anilines is 2. The number of carboxylic acids is 1. The molecule has 1 saturated heterocycles. The lowest BCUT2D eigenvalue weighted by atomic mass is 10.2. The zero-order chi connectivity index (χ0) is 21.3. The molecule has 1 aromatic heterocycles. The molecule has 3 fully saturated rings. The maximum atomic E-state index is 11.0. The summed E-state index contributed by atoms with van der Waals surface area (Å²) in [6, 6.07) is -0.203. The topological polar surface area (TPSA) is 129 Å². The molecule has 0 amide bonds. The fraction of sp³-hybridized carbons (Fsp3) is 0.737. The number of fused-ring (bicyclic) bond motifs is 1. The Balaban J connectivity index is 1.54. The van der Waals surface area contributed by atoms with E-state index in [1.807, 2.05) is 0 Å². The van der Waals surface area contributed by atoms with Crippen LogP contribution in [0.25, 0.3) is 0 Å². The molecule has 4 rings (SSSR count). The average molecular weight is 459 g/mol. The molecule has 0 bridgehead atoms. The van der Waals surface area contributed by atoms with Crippen molar-refractivity contribution in [3.8, 4) is 0 Å². The summed E-state index contributed by atoms with van der Waals surface area (Å²) in [6.07, 6.45) is 4.23. The molecule has 0 unspecified atom stereocenters. The summed E-state index contributed by atoms with van der Waals surface area (Å²) in [5.41, 5.74) is 6.41. The molecule has 0 aromatic carbocycles. The van der Waals surface area contributed by atoms with Crippen LogP contribution in [-0.4, -0.2) is 63.5 Å². The maximum Gasteiger partial charge on any atom is 0.329 e. The van der Waals surface area contributed by atoms with Gasteiger partial charge in [-0.15, -0.1) is 0 Å². The number of hydrogen-bond donors (Lipinski definition) is 3. The van der Waals surface area contributed by atoms with Crippen LogP contribution in [0.2, 0.25) is 5.15 Å². The summed E-state index contributed by atoms with van der Waals surface area (Å²) >= 11 is 7.74. The molecule has 2 aliphatic carbocycles. The minimum Gasteiger partial charge on any atom is -0.480 e. The van der Waals surface area contributed by atoms with Crippen molar-refractivity contribution in [3.63, 3.8) is 0 Å². The molecule has 4 atom stereocenters. The summed E-state index contributed by atoms with van der Waals surface area (Å²) in [5.74, 6) is -0.287. The van der Waals surface area contributed by atoms with Crippen molar-refractivity contribution in [2.75, 3.05) is 23.4 Å². The SMILES string of the molecule is CCCSc1nc(Cl)c(N)c(N[C@@H]2C[C@H](OCC(=O)O)[C@H]3OC4(CCCC4)O[C@H]32)n1. The quantitative estimate of drug-likeness (QED) is 0.303. The fourth-order valence-corrected chi connectivity index (χ4v) is 5.29. The smallest absolute Gasteiger partial charge is 0.329 e. The number of rotatable bonds is 8. The van der Waals surface area contributed by atoms with E-state index >= 15 is 0 Å². The number of carboxylic acid groups (broad SMARTS) is 1. The van der Waals surface area contributed by atoms with Crippen LogP contribution in [0.1, 0.15) is 45.4 Å². The van der Waals surface area contributed by atoms with Gasteiger partial charge in [-0.1, -0.05) is 30.3 Å². The number of aliphatic carboxylic acids is 1. The van der Waals surface area contributed by atoms with Crippen LogP contribution in [0.15, 0.2) is 5.16 Å². The molecule has 4 N–H and O–H groups in total. The summed E-state index contributed by atoms with van der Waals surface area (Å²) in [5, 5.41) is 13.1. The molecule has 9 nitrogen and oxygen atoms in total. The predicted molar refractivity (Wildman–Crippen MR) is 113 cm³/mol. The number of carbonyl (C=O) groups is 1. The summed E-state index contributed by atoms with van der Waals surface area (Å²) in [6.45, 7) is 1.70. The average Bonchev–Trinajstić information content (AvgIpc) is 3.40. The standard InChI is InChI=1S/C19H27ClN4O5S/c1-2-7-30-18-23-16(20)13(21)17(24-18)22-10-8-11(27-9-12(25)26)15-14(10)28-19(29-15)5-3-4-6-19/h10-11,14-15H,2-9,21H2,1H3,(H,25,26)(H,22,23,24)/t10-,11+,14+,15-/m1/s1. The molecule has 166 valence electrons. The molecular weight excluding hydrogens is 432 g/mol. The third-order valence-corrected chi connectivity index (χ3v) is 7.04. The van der Waals surface area contributed by atoms with Crippen LogP contribution in [-0.2, 0) is 19.0 Å². The van der Waals surface area contributed by atoms with Gasteiger partial charge in [0, 0.05) is 18.6 Å². The number of aromatic nitrogens is 2. The number of nitrogens with one attached hydrogen (secondary N) is 1. The maximum absolute atomic E-state index is 11.0. The second-order valence-electron chi connectivity index (χ2n) is 7.92. The fourth-order valence-electron chi connectivity index (χ4n) is 4.37. The largest absolute Gasteiger partial charge is 0.480 e. The van der Waals surface area contributed by atoms with E-state index in [9.17, 15) is 4.79 Å². The normalized spacial score (nSPS) is 29.4. The first-order valence-corrected chi connectivity index (χ1v) is 11.7. The molecule has 1 aromatic rings. The molecule has 2 heterocycles. The van der Waals surface area contributed by atoms with Crippen molar-refractivity contribution in [2.24, 2.45) is 0 Å². The van der Waals surface area contributed by atoms with Gasteiger partial charge in [-0.3, -0.25) is 0 Å². The lowest BCUT2D eigenvalue weighted by Crippen LogP contribution is -2.35. The lowest BCUT2D eigenvalue weighted by molar-refractivity contribution is -0.188. The van der Waals surface area contributed by atoms with E-state index in [4.69, 9.17) is 36.7 Å². The van der Waals surface area contributed by atoms with Crippen LogP contribution >= 0.6 is 23.4 Å². The van der Waals surface area contributed by atoms with Gasteiger partial charge < -0.3 is 30.4 Å². The molecule has 1 aliphatic heterocycles. The van der Waals surface area contributed by atoms with Crippen molar-refractivity contribution in [2.45, 2.75) is 80.7 Å². The zero-order valence-corrected chi connectivity index (χ0v) is 18.4. The number of nitrogen functional groups attached to an aromatic ring is 1. The van der Waals surface area contributed by atoms with Gasteiger partial charge in [-0.05, 0) is 25.7 Å². The van der Waals surface area contributed by atoms with E-state index in [1.165, 1.54) is 11.8 Å². The molecule has 1 spiro atoms. The highest BCUT2D eigenvalue weighted by Crippen LogP contribution is 2.48. The zero-order valence-electron chi connectivity index (χ0n) is 16.8. The van der Waals surface area contributed by atoms with Gasteiger partial charge in [0.2, 0.25) is 0 Å². The van der Waals surface area contributed by atoms with Crippen molar-refractivity contribution < 1.29 is 24.1 Å². The first-order valence-electron chi connectivity index (χ1n) is 10.3. The van der Waals surface area contributed by atoms with Gasteiger partial charge in [0.15, 0.2) is 21.9 Å². The Morgan fingerprint density at radius 3 is 2.80 bits per heavy atom. The Kier molecular flexibility index (Phi) is 6.59. The highest BCUT2D eigenvalue weighted by atomic mass is 35.5. The van der Waals surface area contributed by atoms with E-state index in [2.05, 4.69) is 22.2 Å². The predicted octanol–water partition coefficient (Wildman–Crippen LogP) is 2.92. The first-order chi connectivity index (χ1) is 14.4. The van der Waals surface area contributed by atoms with Crippen molar-refractivity contribution in [3.05, 3.63) is 5.15 Å². The minimum absolute atomic E-state index is 0.203. The van der Waals surface area contributed by atoms with Gasteiger partial charge in [-0.25, -0.2) is 14.8 Å². The van der Waals surface area contributed by atoms with E-state index in [-0.39, 0.29) is 35.7 Å². The molecule has 30 heavy (non-hydrogen) atoms. The van der Waals surface area contributed by atoms with Gasteiger partial charge in [0.1, 0.15) is 24.5 Å². The summed E-state index contributed by atoms with van der Waals surface area (Å²) in [7, 11) is 0. The Hall–Kier alpha value is -1.33. The Morgan fingerprint density at radius 1 is 1.37 bits per heavy atom. The van der Waals surface area contributed by atoms with Gasteiger partial charge in [0.25, 0.3) is 0 Å². The summed E-state index contributed by atoms with van der Waals surface area (Å²) < 4.78 is 18.3. The van der Waals surface area contributed by atoms with Crippen molar-refractivity contribution >= 4 is 40.8 Å². The number of thioether (sulfide) groups is 1. The number of nitrogens with two attached hydrogens (primary N) is 1. The second kappa shape index (κ2) is 9.04. The molecule has 2 saturated carbocycles. The minimum atomic E-state index is -1.01. The van der Waals surface area contributed by atoms with E-state index in [1.54, 1.807) is 0 Å². The molecular formula is C19H27ClN4O5S.